The molecule has 1 aromatic heterocycles. The van der Waals surface area contributed by atoms with Crippen LogP contribution in [-0.4, -0.2) is 49.4 Å². The van der Waals surface area contributed by atoms with Crippen molar-refractivity contribution in [3.8, 4) is 17.2 Å². The summed E-state index contributed by atoms with van der Waals surface area (Å²) >= 11 is 1.16. The predicted octanol–water partition coefficient (Wildman–Crippen LogP) is 3.82. The molecule has 3 rings (SSSR count). The highest BCUT2D eigenvalue weighted by Crippen LogP contribution is 2.22. The molecule has 1 amide bonds. The monoisotopic (exact) mass is 484 g/mol. The lowest BCUT2D eigenvalue weighted by Gasteiger charge is -2.07. The van der Waals surface area contributed by atoms with Crippen molar-refractivity contribution in [2.24, 2.45) is 5.10 Å². The van der Waals surface area contributed by atoms with Gasteiger partial charge in [-0.1, -0.05) is 17.8 Å². The van der Waals surface area contributed by atoms with Crippen molar-refractivity contribution in [1.82, 2.24) is 15.6 Å². The maximum atomic E-state index is 12.1. The van der Waals surface area contributed by atoms with E-state index in [-0.39, 0.29) is 11.7 Å². The Labute approximate surface area is 202 Å². The van der Waals surface area contributed by atoms with E-state index in [1.54, 1.807) is 39.5 Å². The van der Waals surface area contributed by atoms with E-state index in [9.17, 15) is 4.79 Å². The van der Waals surface area contributed by atoms with Crippen LogP contribution in [0.5, 0.6) is 17.2 Å². The van der Waals surface area contributed by atoms with E-state index in [1.807, 2.05) is 12.1 Å². The van der Waals surface area contributed by atoms with Crippen LogP contribution in [0.1, 0.15) is 29.0 Å². The Hall–Kier alpha value is -3.53. The lowest BCUT2D eigenvalue weighted by molar-refractivity contribution is -0.118. The molecule has 180 valence electrons. The second-order valence-electron chi connectivity index (χ2n) is 7.30. The average molecular weight is 485 g/mol. The minimum atomic E-state index is -0.294. The second-order valence-corrected chi connectivity index (χ2v) is 8.22. The number of methoxy groups -OCH3 is 3. The number of thioether (sulfide) groups is 1. The zero-order chi connectivity index (χ0) is 24.3. The van der Waals surface area contributed by atoms with Crippen molar-refractivity contribution in [3.63, 3.8) is 0 Å². The number of aromatic nitrogens is 2. The summed E-state index contributed by atoms with van der Waals surface area (Å²) in [6.45, 7) is 2.07. The Morgan fingerprint density at radius 3 is 2.56 bits per heavy atom. The molecule has 10 heteroatoms. The van der Waals surface area contributed by atoms with Gasteiger partial charge in [0, 0.05) is 12.0 Å². The van der Waals surface area contributed by atoms with Crippen LogP contribution < -0.4 is 19.6 Å². The summed E-state index contributed by atoms with van der Waals surface area (Å²) in [5, 5.41) is 12.4. The molecule has 0 aliphatic heterocycles. The predicted molar refractivity (Wildman–Crippen MR) is 130 cm³/mol. The van der Waals surface area contributed by atoms with Crippen molar-refractivity contribution in [2.45, 2.75) is 31.4 Å². The first-order valence-corrected chi connectivity index (χ1v) is 11.6. The van der Waals surface area contributed by atoms with Gasteiger partial charge in [0.15, 0.2) is 0 Å². The summed E-state index contributed by atoms with van der Waals surface area (Å²) in [6.07, 6.45) is 3.94. The van der Waals surface area contributed by atoms with Crippen LogP contribution in [0.3, 0.4) is 0 Å². The van der Waals surface area contributed by atoms with Gasteiger partial charge in [-0.15, -0.1) is 10.2 Å². The molecule has 2 aromatic carbocycles. The molecule has 0 aliphatic rings. The van der Waals surface area contributed by atoms with E-state index >= 15 is 0 Å². The number of amides is 1. The first kappa shape index (κ1) is 25.1. The maximum Gasteiger partial charge on any atom is 0.277 e. The van der Waals surface area contributed by atoms with Gasteiger partial charge in [0.1, 0.15) is 17.2 Å². The fourth-order valence-electron chi connectivity index (χ4n) is 3.18. The third kappa shape index (κ3) is 7.24. The minimum Gasteiger partial charge on any atom is -0.497 e. The fraction of sp³-hybridized carbons (Fsp3) is 0.333. The molecular formula is C24H28N4O5S. The molecular weight excluding hydrogens is 456 g/mol. The summed E-state index contributed by atoms with van der Waals surface area (Å²) in [7, 11) is 4.80. The number of hydrazone groups is 1. The van der Waals surface area contributed by atoms with Crippen LogP contribution in [0.4, 0.5) is 0 Å². The zero-order valence-corrected chi connectivity index (χ0v) is 20.5. The van der Waals surface area contributed by atoms with Crippen LogP contribution in [0.25, 0.3) is 0 Å². The number of rotatable bonds is 12. The molecule has 0 saturated heterocycles. The number of nitrogens with zero attached hydrogens (tertiary/aromatic N) is 3. The number of carbonyl (C=O) groups excluding carboxylic acids is 1. The normalized spacial score (nSPS) is 10.9. The molecule has 0 fully saturated rings. The summed E-state index contributed by atoms with van der Waals surface area (Å²) in [5.74, 6) is 2.49. The van der Waals surface area contributed by atoms with Gasteiger partial charge in [0.2, 0.25) is 5.89 Å². The minimum absolute atomic E-state index is 0.0965. The highest BCUT2D eigenvalue weighted by molar-refractivity contribution is 7.99. The van der Waals surface area contributed by atoms with Crippen LogP contribution in [0.2, 0.25) is 0 Å². The largest absolute Gasteiger partial charge is 0.497 e. The molecule has 0 spiro atoms. The Morgan fingerprint density at radius 1 is 1.06 bits per heavy atom. The van der Waals surface area contributed by atoms with E-state index < -0.39 is 0 Å². The molecule has 0 radical (unpaired) electrons. The van der Waals surface area contributed by atoms with Gasteiger partial charge in [-0.25, -0.2) is 5.43 Å². The molecule has 34 heavy (non-hydrogen) atoms. The van der Waals surface area contributed by atoms with E-state index in [1.165, 1.54) is 17.3 Å². The van der Waals surface area contributed by atoms with Gasteiger partial charge in [-0.2, -0.15) is 5.10 Å². The smallest absolute Gasteiger partial charge is 0.277 e. The maximum absolute atomic E-state index is 12.1. The summed E-state index contributed by atoms with van der Waals surface area (Å²) in [5.41, 5.74) is 5.62. The van der Waals surface area contributed by atoms with E-state index in [0.717, 1.165) is 30.4 Å². The Kier molecular flexibility index (Phi) is 9.33. The highest BCUT2D eigenvalue weighted by Gasteiger charge is 2.10. The molecule has 0 saturated carbocycles. The Morgan fingerprint density at radius 2 is 1.82 bits per heavy atom. The van der Waals surface area contributed by atoms with Gasteiger partial charge < -0.3 is 18.6 Å². The van der Waals surface area contributed by atoms with E-state index in [2.05, 4.69) is 33.7 Å². The lowest BCUT2D eigenvalue weighted by Crippen LogP contribution is -2.19. The average Bonchev–Trinajstić information content (AvgIpc) is 3.31. The first-order valence-electron chi connectivity index (χ1n) is 10.6. The number of benzene rings is 2. The van der Waals surface area contributed by atoms with Gasteiger partial charge >= 0.3 is 0 Å². The van der Waals surface area contributed by atoms with Gasteiger partial charge in [-0.05, 0) is 61.2 Å². The highest BCUT2D eigenvalue weighted by atomic mass is 32.2. The summed E-state index contributed by atoms with van der Waals surface area (Å²) < 4.78 is 21.4. The molecule has 0 atom stereocenters. The molecule has 1 heterocycles. The van der Waals surface area contributed by atoms with Gasteiger partial charge in [0.05, 0.1) is 33.3 Å². The van der Waals surface area contributed by atoms with Crippen LogP contribution in [0, 0.1) is 6.92 Å². The Bertz CT molecular complexity index is 1130. The van der Waals surface area contributed by atoms with Crippen molar-refractivity contribution >= 4 is 23.9 Å². The first-order chi connectivity index (χ1) is 16.5. The SMILES string of the molecule is COc1ccc(CCCc2nnc(SCC(=O)NN=Cc3cc(OC)ccc3OC)o2)c(C)c1. The van der Waals surface area contributed by atoms with Crippen LogP contribution in [-0.2, 0) is 17.6 Å². The molecule has 1 N–H and O–H groups in total. The number of ether oxygens (including phenoxy) is 3. The number of aryl methyl sites for hydroxylation is 3. The molecule has 0 bridgehead atoms. The third-order valence-electron chi connectivity index (χ3n) is 4.99. The fourth-order valence-corrected chi connectivity index (χ4v) is 3.75. The number of nitrogens with one attached hydrogen (secondary N) is 1. The van der Waals surface area contributed by atoms with Gasteiger partial charge in [-0.3, -0.25) is 4.79 Å². The van der Waals surface area contributed by atoms with Crippen LogP contribution in [0.15, 0.2) is 51.1 Å². The summed E-state index contributed by atoms with van der Waals surface area (Å²) in [4.78, 5) is 12.1. The summed E-state index contributed by atoms with van der Waals surface area (Å²) in [6, 6.07) is 11.4. The topological polar surface area (TPSA) is 108 Å². The molecule has 9 nitrogen and oxygen atoms in total. The van der Waals surface area contributed by atoms with Crippen LogP contribution >= 0.6 is 11.8 Å². The zero-order valence-electron chi connectivity index (χ0n) is 19.7. The van der Waals surface area contributed by atoms with Crippen molar-refractivity contribution in [2.75, 3.05) is 27.1 Å². The third-order valence-corrected chi connectivity index (χ3v) is 5.81. The quantitative estimate of drug-likeness (QED) is 0.235. The van der Waals surface area contributed by atoms with Gasteiger partial charge in [0.25, 0.3) is 11.1 Å². The standard InChI is InChI=1S/C24H28N4O5S/c1-16-12-19(30-2)9-8-17(16)6-5-7-23-27-28-24(33-23)34-15-22(29)26-25-14-18-13-20(31-3)10-11-21(18)32-4/h8-14H,5-7,15H2,1-4H3,(H,26,29). The van der Waals surface area contributed by atoms with E-state index in [4.69, 9.17) is 18.6 Å². The second kappa shape index (κ2) is 12.6. The van der Waals surface area contributed by atoms with Crippen molar-refractivity contribution in [3.05, 3.63) is 59.0 Å². The number of hydrogen-bond donors (Lipinski definition) is 1. The molecule has 3 aromatic rings. The molecule has 0 aliphatic carbocycles. The van der Waals surface area contributed by atoms with Crippen molar-refractivity contribution in [1.29, 1.82) is 0 Å². The Balaban J connectivity index is 1.42. The number of carbonyl (C=O) groups is 1. The molecule has 0 unspecified atom stereocenters. The van der Waals surface area contributed by atoms with Crippen molar-refractivity contribution < 1.29 is 23.4 Å². The van der Waals surface area contributed by atoms with E-state index in [0.29, 0.717) is 34.6 Å². The lowest BCUT2D eigenvalue weighted by atomic mass is 10.0. The number of hydrogen-bond acceptors (Lipinski definition) is 9.